The lowest BCUT2D eigenvalue weighted by molar-refractivity contribution is -0.126. The zero-order chi connectivity index (χ0) is 17.8. The third-order valence-corrected chi connectivity index (χ3v) is 4.12. The summed E-state index contributed by atoms with van der Waals surface area (Å²) in [5.41, 5.74) is 2.37. The highest BCUT2D eigenvalue weighted by molar-refractivity contribution is 6.30. The van der Waals surface area contributed by atoms with Crippen molar-refractivity contribution >= 4 is 17.3 Å². The van der Waals surface area contributed by atoms with Crippen molar-refractivity contribution in [3.8, 4) is 0 Å². The van der Waals surface area contributed by atoms with E-state index in [0.29, 0.717) is 47.7 Å². The number of nitrogens with one attached hydrogen (secondary N) is 1. The van der Waals surface area contributed by atoms with Crippen molar-refractivity contribution in [3.63, 3.8) is 0 Å². The minimum absolute atomic E-state index is 0.125. The van der Waals surface area contributed by atoms with Gasteiger partial charge in [0.2, 0.25) is 0 Å². The smallest absolute Gasteiger partial charge is 0.196 e. The van der Waals surface area contributed by atoms with E-state index in [2.05, 4.69) is 5.32 Å². The van der Waals surface area contributed by atoms with Gasteiger partial charge in [0.25, 0.3) is 0 Å². The van der Waals surface area contributed by atoms with Crippen LogP contribution in [0.25, 0.3) is 0 Å². The molecule has 1 aliphatic carbocycles. The topological polar surface area (TPSA) is 64.6 Å². The summed E-state index contributed by atoms with van der Waals surface area (Å²) in [5, 5.41) is 3.20. The van der Waals surface area contributed by atoms with E-state index in [1.807, 2.05) is 13.8 Å². The molecule has 0 amide bonds. The van der Waals surface area contributed by atoms with Crippen LogP contribution >= 0.6 is 0 Å². The maximum atomic E-state index is 12.9. The van der Waals surface area contributed by atoms with Crippen molar-refractivity contribution < 1.29 is 19.1 Å². The van der Waals surface area contributed by atoms with Gasteiger partial charge in [-0.3, -0.25) is 9.59 Å². The lowest BCUT2D eigenvalue weighted by Crippen LogP contribution is -2.28. The van der Waals surface area contributed by atoms with Gasteiger partial charge < -0.3 is 14.8 Å². The molecule has 0 saturated heterocycles. The van der Waals surface area contributed by atoms with E-state index in [9.17, 15) is 9.59 Å². The number of anilines is 1. The Kier molecular flexibility index (Phi) is 5.26. The van der Waals surface area contributed by atoms with Gasteiger partial charge >= 0.3 is 0 Å². The van der Waals surface area contributed by atoms with Crippen LogP contribution in [0.3, 0.4) is 0 Å². The van der Waals surface area contributed by atoms with Crippen molar-refractivity contribution in [2.75, 3.05) is 25.1 Å². The standard InChI is InChI=1S/C20H21NO4/c1-3-24-17(25-4-2)12-21-16-11-7-10-15-18(16)20(23)14-9-6-5-8-13(14)19(15)22/h5-11,17,21H,3-4,12H2,1-2H3. The van der Waals surface area contributed by atoms with Crippen molar-refractivity contribution in [2.24, 2.45) is 0 Å². The monoisotopic (exact) mass is 339 g/mol. The molecule has 0 aromatic heterocycles. The minimum Gasteiger partial charge on any atom is -0.379 e. The predicted octanol–water partition coefficient (Wildman–Crippen LogP) is 3.27. The summed E-state index contributed by atoms with van der Waals surface area (Å²) >= 11 is 0. The largest absolute Gasteiger partial charge is 0.379 e. The van der Waals surface area contributed by atoms with Crippen LogP contribution in [0.2, 0.25) is 0 Å². The second-order valence-corrected chi connectivity index (χ2v) is 5.65. The van der Waals surface area contributed by atoms with E-state index in [-0.39, 0.29) is 11.6 Å². The maximum absolute atomic E-state index is 12.9. The fourth-order valence-corrected chi connectivity index (χ4v) is 3.02. The average molecular weight is 339 g/mol. The maximum Gasteiger partial charge on any atom is 0.196 e. The van der Waals surface area contributed by atoms with Crippen LogP contribution < -0.4 is 5.32 Å². The Bertz CT molecular complexity index is 794. The minimum atomic E-state index is -0.410. The van der Waals surface area contributed by atoms with Gasteiger partial charge in [0.05, 0.1) is 12.1 Å². The van der Waals surface area contributed by atoms with E-state index in [4.69, 9.17) is 9.47 Å². The van der Waals surface area contributed by atoms with Crippen LogP contribution in [-0.4, -0.2) is 37.6 Å². The summed E-state index contributed by atoms with van der Waals surface area (Å²) in [6.07, 6.45) is -0.410. The summed E-state index contributed by atoms with van der Waals surface area (Å²) in [5.74, 6) is -0.266. The quantitative estimate of drug-likeness (QED) is 0.669. The number of carbonyl (C=O) groups is 2. The van der Waals surface area contributed by atoms with E-state index < -0.39 is 6.29 Å². The Morgan fingerprint density at radius 2 is 1.44 bits per heavy atom. The number of hydrogen-bond acceptors (Lipinski definition) is 5. The zero-order valence-corrected chi connectivity index (χ0v) is 14.4. The Labute approximate surface area is 147 Å². The highest BCUT2D eigenvalue weighted by atomic mass is 16.7. The molecule has 0 bridgehead atoms. The number of carbonyl (C=O) groups excluding carboxylic acids is 2. The second kappa shape index (κ2) is 7.59. The molecule has 130 valence electrons. The Hall–Kier alpha value is -2.50. The summed E-state index contributed by atoms with van der Waals surface area (Å²) < 4.78 is 11.0. The second-order valence-electron chi connectivity index (χ2n) is 5.65. The summed E-state index contributed by atoms with van der Waals surface area (Å²) in [6, 6.07) is 12.2. The molecule has 0 spiro atoms. The number of ketones is 2. The van der Waals surface area contributed by atoms with Crippen molar-refractivity contribution in [2.45, 2.75) is 20.1 Å². The molecule has 0 fully saturated rings. The first-order valence-corrected chi connectivity index (χ1v) is 8.45. The van der Waals surface area contributed by atoms with E-state index in [0.717, 1.165) is 0 Å². The molecule has 0 unspecified atom stereocenters. The van der Waals surface area contributed by atoms with Gasteiger partial charge in [-0.05, 0) is 19.9 Å². The highest BCUT2D eigenvalue weighted by Gasteiger charge is 2.31. The third kappa shape index (κ3) is 3.34. The molecule has 0 atom stereocenters. The van der Waals surface area contributed by atoms with Crippen molar-refractivity contribution in [1.29, 1.82) is 0 Å². The first kappa shape index (κ1) is 17.3. The highest BCUT2D eigenvalue weighted by Crippen LogP contribution is 2.31. The Balaban J connectivity index is 1.91. The average Bonchev–Trinajstić information content (AvgIpc) is 2.64. The summed E-state index contributed by atoms with van der Waals surface area (Å²) in [7, 11) is 0. The third-order valence-electron chi connectivity index (χ3n) is 4.12. The first-order valence-electron chi connectivity index (χ1n) is 8.45. The van der Waals surface area contributed by atoms with Crippen LogP contribution in [0.15, 0.2) is 42.5 Å². The number of hydrogen-bond donors (Lipinski definition) is 1. The van der Waals surface area contributed by atoms with Gasteiger partial charge in [-0.2, -0.15) is 0 Å². The van der Waals surface area contributed by atoms with Crippen LogP contribution in [0.4, 0.5) is 5.69 Å². The molecule has 1 N–H and O–H groups in total. The number of ether oxygens (including phenoxy) is 2. The van der Waals surface area contributed by atoms with Gasteiger partial charge in [0.1, 0.15) is 0 Å². The molecule has 0 aliphatic heterocycles. The van der Waals surface area contributed by atoms with Crippen molar-refractivity contribution in [3.05, 3.63) is 64.7 Å². The van der Waals surface area contributed by atoms with E-state index in [1.54, 1.807) is 42.5 Å². The molecule has 5 nitrogen and oxygen atoms in total. The van der Waals surface area contributed by atoms with Gasteiger partial charge in [-0.15, -0.1) is 0 Å². The van der Waals surface area contributed by atoms with Gasteiger partial charge in [-0.1, -0.05) is 36.4 Å². The molecule has 5 heteroatoms. The molecule has 0 saturated carbocycles. The summed E-state index contributed by atoms with van der Waals surface area (Å²) in [6.45, 7) is 5.25. The van der Waals surface area contributed by atoms with Gasteiger partial charge in [0.15, 0.2) is 17.9 Å². The van der Waals surface area contributed by atoms with E-state index >= 15 is 0 Å². The SMILES string of the molecule is CCOC(CNc1cccc2c1C(=O)c1ccccc1C2=O)OCC. The zero-order valence-electron chi connectivity index (χ0n) is 14.4. The van der Waals surface area contributed by atoms with Crippen LogP contribution in [-0.2, 0) is 9.47 Å². The van der Waals surface area contributed by atoms with Gasteiger partial charge in [0, 0.05) is 35.6 Å². The van der Waals surface area contributed by atoms with E-state index in [1.165, 1.54) is 0 Å². The van der Waals surface area contributed by atoms with Crippen molar-refractivity contribution in [1.82, 2.24) is 0 Å². The fourth-order valence-electron chi connectivity index (χ4n) is 3.02. The molecular formula is C20H21NO4. The number of benzene rings is 2. The molecule has 2 aromatic carbocycles. The fraction of sp³-hybridized carbons (Fsp3) is 0.300. The first-order chi connectivity index (χ1) is 12.2. The Morgan fingerprint density at radius 3 is 2.08 bits per heavy atom. The molecule has 1 aliphatic rings. The van der Waals surface area contributed by atoms with Crippen LogP contribution in [0, 0.1) is 0 Å². The molecule has 0 heterocycles. The molecule has 2 aromatic rings. The molecule has 25 heavy (non-hydrogen) atoms. The summed E-state index contributed by atoms with van der Waals surface area (Å²) in [4.78, 5) is 25.6. The normalized spacial score (nSPS) is 12.9. The molecular weight excluding hydrogens is 318 g/mol. The number of rotatable bonds is 7. The van der Waals surface area contributed by atoms with Crippen LogP contribution in [0.5, 0.6) is 0 Å². The lowest BCUT2D eigenvalue weighted by Gasteiger charge is -2.22. The predicted molar refractivity (Wildman–Crippen MR) is 95.3 cm³/mol. The lowest BCUT2D eigenvalue weighted by atomic mass is 9.83. The van der Waals surface area contributed by atoms with Gasteiger partial charge in [-0.25, -0.2) is 0 Å². The Morgan fingerprint density at radius 1 is 0.840 bits per heavy atom. The molecule has 0 radical (unpaired) electrons. The molecule has 3 rings (SSSR count). The van der Waals surface area contributed by atoms with Crippen LogP contribution in [0.1, 0.15) is 45.7 Å². The number of fused-ring (bicyclic) bond motifs is 2.